The van der Waals surface area contributed by atoms with Gasteiger partial charge in [-0.05, 0) is 42.7 Å². The van der Waals surface area contributed by atoms with E-state index in [1.165, 1.54) is 12.1 Å². The normalized spacial score (nSPS) is 10.9. The summed E-state index contributed by atoms with van der Waals surface area (Å²) in [6.45, 7) is 2.72. The molecule has 0 radical (unpaired) electrons. The van der Waals surface area contributed by atoms with Crippen molar-refractivity contribution in [1.82, 2.24) is 14.6 Å². The number of hydrogen-bond acceptors (Lipinski definition) is 3. The van der Waals surface area contributed by atoms with Crippen LogP contribution in [-0.2, 0) is 6.42 Å². The molecule has 0 fully saturated rings. The second kappa shape index (κ2) is 5.28. The summed E-state index contributed by atoms with van der Waals surface area (Å²) in [5.74, 6) is 0.403. The summed E-state index contributed by atoms with van der Waals surface area (Å²) in [5, 5.41) is 7.54. The highest BCUT2D eigenvalue weighted by Crippen LogP contribution is 2.10. The molecule has 0 spiro atoms. The first-order chi connectivity index (χ1) is 9.72. The Morgan fingerprint density at radius 3 is 2.75 bits per heavy atom. The number of nitrogens with zero attached hydrogens (tertiary/aromatic N) is 3. The molecule has 0 aliphatic heterocycles. The number of fused-ring (bicyclic) bond motifs is 1. The first-order valence-electron chi connectivity index (χ1n) is 6.53. The minimum absolute atomic E-state index is 0.209. The second-order valence-corrected chi connectivity index (χ2v) is 4.70. The first kappa shape index (κ1) is 12.6. The number of nitrogens with one attached hydrogen (secondary N) is 1. The van der Waals surface area contributed by atoms with Gasteiger partial charge in [0.05, 0.1) is 0 Å². The van der Waals surface area contributed by atoms with E-state index in [4.69, 9.17) is 0 Å². The van der Waals surface area contributed by atoms with E-state index in [1.54, 1.807) is 16.6 Å². The Labute approximate surface area is 116 Å². The molecule has 0 saturated carbocycles. The largest absolute Gasteiger partial charge is 0.353 e. The summed E-state index contributed by atoms with van der Waals surface area (Å²) in [6.07, 6.45) is 2.68. The van der Waals surface area contributed by atoms with Crippen molar-refractivity contribution in [3.8, 4) is 0 Å². The van der Waals surface area contributed by atoms with E-state index < -0.39 is 0 Å². The first-order valence-corrected chi connectivity index (χ1v) is 6.53. The fraction of sp³-hybridized carbons (Fsp3) is 0.200. The van der Waals surface area contributed by atoms with Gasteiger partial charge in [0.15, 0.2) is 5.65 Å². The maximum Gasteiger partial charge on any atom is 0.243 e. The van der Waals surface area contributed by atoms with Crippen molar-refractivity contribution in [3.63, 3.8) is 0 Å². The maximum atomic E-state index is 12.8. The molecule has 102 valence electrons. The van der Waals surface area contributed by atoms with Gasteiger partial charge in [-0.25, -0.2) is 8.91 Å². The Kier molecular flexibility index (Phi) is 3.33. The molecule has 2 heterocycles. The lowest BCUT2D eigenvalue weighted by Gasteiger charge is -2.02. The quantitative estimate of drug-likeness (QED) is 0.792. The van der Waals surface area contributed by atoms with E-state index in [-0.39, 0.29) is 5.82 Å². The Morgan fingerprint density at radius 2 is 2.00 bits per heavy atom. The highest BCUT2D eigenvalue weighted by Gasteiger charge is 2.04. The van der Waals surface area contributed by atoms with E-state index >= 15 is 0 Å². The molecule has 0 aliphatic carbocycles. The lowest BCUT2D eigenvalue weighted by atomic mass is 10.1. The van der Waals surface area contributed by atoms with Gasteiger partial charge in [-0.3, -0.25) is 0 Å². The van der Waals surface area contributed by atoms with Gasteiger partial charge >= 0.3 is 0 Å². The van der Waals surface area contributed by atoms with Gasteiger partial charge in [-0.15, -0.1) is 5.10 Å². The molecule has 0 bridgehead atoms. The molecule has 0 saturated heterocycles. The van der Waals surface area contributed by atoms with Crippen molar-refractivity contribution in [2.45, 2.75) is 13.3 Å². The zero-order valence-corrected chi connectivity index (χ0v) is 11.2. The Balaban J connectivity index is 1.65. The average molecular weight is 270 g/mol. The minimum atomic E-state index is -0.209. The standard InChI is InChI=1S/C15H15FN4/c1-11-3-2-10-20-14(11)18-15(19-20)17-9-8-12-4-6-13(16)7-5-12/h2-7,10H,8-9H2,1H3,(H,17,19). The second-order valence-electron chi connectivity index (χ2n) is 4.70. The number of hydrogen-bond donors (Lipinski definition) is 1. The third-order valence-corrected chi connectivity index (χ3v) is 3.17. The highest BCUT2D eigenvalue weighted by atomic mass is 19.1. The predicted molar refractivity (Wildman–Crippen MR) is 76.3 cm³/mol. The Hall–Kier alpha value is -2.43. The lowest BCUT2D eigenvalue weighted by molar-refractivity contribution is 0.627. The van der Waals surface area contributed by atoms with E-state index in [9.17, 15) is 4.39 Å². The number of benzene rings is 1. The van der Waals surface area contributed by atoms with Gasteiger partial charge < -0.3 is 5.32 Å². The molecular formula is C15H15FN4. The molecule has 20 heavy (non-hydrogen) atoms. The molecular weight excluding hydrogens is 255 g/mol. The Morgan fingerprint density at radius 1 is 1.20 bits per heavy atom. The van der Waals surface area contributed by atoms with Crippen molar-refractivity contribution >= 4 is 11.6 Å². The molecule has 0 amide bonds. The SMILES string of the molecule is Cc1cccn2nc(NCCc3ccc(F)cc3)nc12. The van der Waals surface area contributed by atoms with Crippen LogP contribution in [-0.4, -0.2) is 21.1 Å². The smallest absolute Gasteiger partial charge is 0.243 e. The molecule has 1 aromatic carbocycles. The third kappa shape index (κ3) is 2.61. The van der Waals surface area contributed by atoms with E-state index in [0.29, 0.717) is 12.5 Å². The van der Waals surface area contributed by atoms with E-state index in [1.807, 2.05) is 25.3 Å². The van der Waals surface area contributed by atoms with Gasteiger partial charge in [0.2, 0.25) is 5.95 Å². The summed E-state index contributed by atoms with van der Waals surface area (Å²) in [4.78, 5) is 4.44. The van der Waals surface area contributed by atoms with Crippen LogP contribution in [0.3, 0.4) is 0 Å². The molecule has 0 aliphatic rings. The fourth-order valence-corrected chi connectivity index (χ4v) is 2.08. The number of pyridine rings is 1. The molecule has 4 nitrogen and oxygen atoms in total. The molecule has 0 unspecified atom stereocenters. The van der Waals surface area contributed by atoms with Gasteiger partial charge in [-0.2, -0.15) is 4.98 Å². The van der Waals surface area contributed by atoms with Crippen molar-refractivity contribution < 1.29 is 4.39 Å². The van der Waals surface area contributed by atoms with Crippen molar-refractivity contribution in [2.24, 2.45) is 0 Å². The Bertz CT molecular complexity index is 718. The van der Waals surface area contributed by atoms with Crippen LogP contribution in [0.25, 0.3) is 5.65 Å². The van der Waals surface area contributed by atoms with Crippen molar-refractivity contribution in [3.05, 3.63) is 59.5 Å². The van der Waals surface area contributed by atoms with Crippen LogP contribution in [0.1, 0.15) is 11.1 Å². The topological polar surface area (TPSA) is 42.2 Å². The number of aromatic nitrogens is 3. The third-order valence-electron chi connectivity index (χ3n) is 3.17. The number of anilines is 1. The van der Waals surface area contributed by atoms with Gasteiger partial charge in [-0.1, -0.05) is 18.2 Å². The van der Waals surface area contributed by atoms with Crippen LogP contribution in [0, 0.1) is 12.7 Å². The summed E-state index contributed by atoms with van der Waals surface area (Å²) < 4.78 is 14.6. The van der Waals surface area contributed by atoms with Crippen LogP contribution in [0.2, 0.25) is 0 Å². The minimum Gasteiger partial charge on any atom is -0.353 e. The van der Waals surface area contributed by atoms with Gasteiger partial charge in [0.1, 0.15) is 5.82 Å². The van der Waals surface area contributed by atoms with Crippen molar-refractivity contribution in [1.29, 1.82) is 0 Å². The molecule has 2 aromatic heterocycles. The molecule has 1 N–H and O–H groups in total. The zero-order chi connectivity index (χ0) is 13.9. The molecule has 3 rings (SSSR count). The van der Waals surface area contributed by atoms with Gasteiger partial charge in [0, 0.05) is 12.7 Å². The number of halogens is 1. The predicted octanol–water partition coefficient (Wildman–Crippen LogP) is 2.83. The maximum absolute atomic E-state index is 12.8. The van der Waals surface area contributed by atoms with Crippen LogP contribution in [0.4, 0.5) is 10.3 Å². The van der Waals surface area contributed by atoms with Crippen LogP contribution in [0.15, 0.2) is 42.6 Å². The number of aryl methyl sites for hydroxylation is 1. The van der Waals surface area contributed by atoms with E-state index in [0.717, 1.165) is 23.2 Å². The molecule has 0 atom stereocenters. The number of rotatable bonds is 4. The van der Waals surface area contributed by atoms with E-state index in [2.05, 4.69) is 15.4 Å². The van der Waals surface area contributed by atoms with Crippen LogP contribution >= 0.6 is 0 Å². The average Bonchev–Trinajstić information content (AvgIpc) is 2.85. The molecule has 5 heteroatoms. The highest BCUT2D eigenvalue weighted by molar-refractivity contribution is 5.49. The van der Waals surface area contributed by atoms with Crippen LogP contribution < -0.4 is 5.32 Å². The lowest BCUT2D eigenvalue weighted by Crippen LogP contribution is -2.06. The zero-order valence-electron chi connectivity index (χ0n) is 11.2. The fourth-order valence-electron chi connectivity index (χ4n) is 2.08. The summed E-state index contributed by atoms with van der Waals surface area (Å²) in [7, 11) is 0. The molecule has 3 aromatic rings. The summed E-state index contributed by atoms with van der Waals surface area (Å²) in [5.41, 5.74) is 3.03. The van der Waals surface area contributed by atoms with Crippen LogP contribution in [0.5, 0.6) is 0 Å². The monoisotopic (exact) mass is 270 g/mol. The summed E-state index contributed by atoms with van der Waals surface area (Å²) >= 11 is 0. The van der Waals surface area contributed by atoms with Gasteiger partial charge in [0.25, 0.3) is 0 Å². The summed E-state index contributed by atoms with van der Waals surface area (Å²) in [6, 6.07) is 10.5. The van der Waals surface area contributed by atoms with Crippen molar-refractivity contribution in [2.75, 3.05) is 11.9 Å².